The minimum Gasteiger partial charge on any atom is -0.465 e. The summed E-state index contributed by atoms with van der Waals surface area (Å²) >= 11 is 3.30. The summed E-state index contributed by atoms with van der Waals surface area (Å²) in [6.45, 7) is 3.99. The molecule has 0 fully saturated rings. The van der Waals surface area contributed by atoms with Crippen LogP contribution in [0, 0.1) is 6.92 Å². The fourth-order valence-corrected chi connectivity index (χ4v) is 1.73. The maximum absolute atomic E-state index is 11.3. The van der Waals surface area contributed by atoms with Crippen LogP contribution in [0.5, 0.6) is 0 Å². The minimum atomic E-state index is -0.341. The van der Waals surface area contributed by atoms with Crippen LogP contribution in [-0.2, 0) is 16.1 Å². The van der Waals surface area contributed by atoms with Crippen molar-refractivity contribution in [3.05, 3.63) is 21.9 Å². The van der Waals surface area contributed by atoms with Crippen LogP contribution < -0.4 is 0 Å². The Labute approximate surface area is 96.3 Å². The number of hydrogen-bond donors (Lipinski definition) is 0. The number of halogens is 1. The van der Waals surface area contributed by atoms with Gasteiger partial charge in [-0.2, -0.15) is 0 Å². The van der Waals surface area contributed by atoms with E-state index in [0.29, 0.717) is 12.3 Å². The molecule has 5 heteroatoms. The summed E-state index contributed by atoms with van der Waals surface area (Å²) in [4.78, 5) is 22.0. The van der Waals surface area contributed by atoms with E-state index in [0.717, 1.165) is 16.5 Å². The lowest BCUT2D eigenvalue weighted by Gasteiger charge is -2.07. The standard InChI is InChI=1S/C10H12BrNO3/c1-3-15-10(14)5-12-7(2)9(11)4-8(12)6-13/h4,6H,3,5H2,1-2H3. The van der Waals surface area contributed by atoms with Gasteiger partial charge in [0.25, 0.3) is 0 Å². The summed E-state index contributed by atoms with van der Waals surface area (Å²) in [7, 11) is 0. The number of carbonyl (C=O) groups is 2. The van der Waals surface area contributed by atoms with Gasteiger partial charge in [-0.25, -0.2) is 0 Å². The molecule has 0 amide bonds. The minimum absolute atomic E-state index is 0.0688. The van der Waals surface area contributed by atoms with Crippen LogP contribution in [0.1, 0.15) is 23.1 Å². The average molecular weight is 274 g/mol. The molecule has 0 bridgehead atoms. The lowest BCUT2D eigenvalue weighted by atomic mass is 10.4. The molecule has 1 rings (SSSR count). The van der Waals surface area contributed by atoms with E-state index in [4.69, 9.17) is 4.74 Å². The van der Waals surface area contributed by atoms with E-state index in [1.165, 1.54) is 0 Å². The summed E-state index contributed by atoms with van der Waals surface area (Å²) in [5.74, 6) is -0.341. The molecule has 0 aliphatic carbocycles. The predicted molar refractivity (Wildman–Crippen MR) is 58.9 cm³/mol. The molecule has 15 heavy (non-hydrogen) atoms. The molecule has 0 spiro atoms. The van der Waals surface area contributed by atoms with Crippen LogP contribution in [0.25, 0.3) is 0 Å². The lowest BCUT2D eigenvalue weighted by Crippen LogP contribution is -2.16. The number of ether oxygens (including phenoxy) is 1. The molecule has 0 aliphatic rings. The van der Waals surface area contributed by atoms with Crippen LogP contribution >= 0.6 is 15.9 Å². The topological polar surface area (TPSA) is 48.3 Å². The maximum Gasteiger partial charge on any atom is 0.325 e. The van der Waals surface area contributed by atoms with Crippen LogP contribution in [0.3, 0.4) is 0 Å². The molecule has 0 unspecified atom stereocenters. The van der Waals surface area contributed by atoms with Gasteiger partial charge in [0.15, 0.2) is 6.29 Å². The van der Waals surface area contributed by atoms with Gasteiger partial charge in [0.2, 0.25) is 0 Å². The molecule has 0 saturated heterocycles. The molecule has 1 aromatic heterocycles. The van der Waals surface area contributed by atoms with E-state index in [-0.39, 0.29) is 12.5 Å². The number of aldehydes is 1. The zero-order chi connectivity index (χ0) is 11.4. The lowest BCUT2D eigenvalue weighted by molar-refractivity contribution is -0.143. The maximum atomic E-state index is 11.3. The first-order valence-corrected chi connectivity index (χ1v) is 5.35. The molecule has 1 aromatic rings. The van der Waals surface area contributed by atoms with E-state index in [1.807, 2.05) is 6.92 Å². The van der Waals surface area contributed by atoms with Gasteiger partial charge in [0, 0.05) is 10.2 Å². The number of rotatable bonds is 4. The third kappa shape index (κ3) is 2.68. The Morgan fingerprint density at radius 2 is 2.33 bits per heavy atom. The molecule has 0 atom stereocenters. The van der Waals surface area contributed by atoms with Gasteiger partial charge < -0.3 is 9.30 Å². The third-order valence-electron chi connectivity index (χ3n) is 2.05. The van der Waals surface area contributed by atoms with Crippen molar-refractivity contribution in [1.29, 1.82) is 0 Å². The highest BCUT2D eigenvalue weighted by molar-refractivity contribution is 9.10. The Hall–Kier alpha value is -1.10. The predicted octanol–water partition coefficient (Wildman–Crippen LogP) is 1.93. The van der Waals surface area contributed by atoms with Gasteiger partial charge in [0.1, 0.15) is 6.54 Å². The van der Waals surface area contributed by atoms with Crippen LogP contribution in [0.15, 0.2) is 10.5 Å². The van der Waals surface area contributed by atoms with Crippen molar-refractivity contribution in [3.8, 4) is 0 Å². The molecule has 0 radical (unpaired) electrons. The van der Waals surface area contributed by atoms with Crippen LogP contribution in [0.4, 0.5) is 0 Å². The second kappa shape index (κ2) is 5.11. The molecule has 0 aliphatic heterocycles. The zero-order valence-electron chi connectivity index (χ0n) is 8.62. The van der Waals surface area contributed by atoms with Gasteiger partial charge in [0.05, 0.1) is 12.3 Å². The van der Waals surface area contributed by atoms with Crippen molar-refractivity contribution in [2.24, 2.45) is 0 Å². The van der Waals surface area contributed by atoms with Gasteiger partial charge >= 0.3 is 5.97 Å². The second-order valence-electron chi connectivity index (χ2n) is 3.01. The smallest absolute Gasteiger partial charge is 0.325 e. The van der Waals surface area contributed by atoms with Gasteiger partial charge in [-0.3, -0.25) is 9.59 Å². The average Bonchev–Trinajstić information content (AvgIpc) is 2.46. The summed E-state index contributed by atoms with van der Waals surface area (Å²) in [5.41, 5.74) is 1.30. The Morgan fingerprint density at radius 3 is 2.87 bits per heavy atom. The van der Waals surface area contributed by atoms with Crippen LogP contribution in [-0.4, -0.2) is 23.4 Å². The van der Waals surface area contributed by atoms with Gasteiger partial charge in [-0.1, -0.05) is 0 Å². The molecule has 0 saturated carbocycles. The first kappa shape index (κ1) is 12.0. The summed E-state index contributed by atoms with van der Waals surface area (Å²) in [5, 5.41) is 0. The first-order valence-electron chi connectivity index (χ1n) is 4.56. The Bertz CT molecular complexity index is 384. The fraction of sp³-hybridized carbons (Fsp3) is 0.400. The van der Waals surface area contributed by atoms with Crippen molar-refractivity contribution in [3.63, 3.8) is 0 Å². The summed E-state index contributed by atoms with van der Waals surface area (Å²) in [6.07, 6.45) is 0.719. The van der Waals surface area contributed by atoms with Crippen molar-refractivity contribution in [2.75, 3.05) is 6.61 Å². The van der Waals surface area contributed by atoms with Gasteiger partial charge in [-0.15, -0.1) is 0 Å². The van der Waals surface area contributed by atoms with E-state index in [9.17, 15) is 9.59 Å². The SMILES string of the molecule is CCOC(=O)Cn1c(C=O)cc(Br)c1C. The Balaban J connectivity index is 2.92. The number of carbonyl (C=O) groups excluding carboxylic acids is 2. The molecule has 4 nitrogen and oxygen atoms in total. The number of hydrogen-bond acceptors (Lipinski definition) is 3. The monoisotopic (exact) mass is 273 g/mol. The van der Waals surface area contributed by atoms with Gasteiger partial charge in [-0.05, 0) is 35.8 Å². The van der Waals surface area contributed by atoms with E-state index in [1.54, 1.807) is 17.6 Å². The summed E-state index contributed by atoms with van der Waals surface area (Å²) in [6, 6.07) is 1.68. The molecule has 1 heterocycles. The van der Waals surface area contributed by atoms with Crippen molar-refractivity contribution in [1.82, 2.24) is 4.57 Å². The first-order chi connectivity index (χ1) is 7.10. The Kier molecular flexibility index (Phi) is 4.08. The van der Waals surface area contributed by atoms with E-state index in [2.05, 4.69) is 15.9 Å². The van der Waals surface area contributed by atoms with Crippen LogP contribution in [0.2, 0.25) is 0 Å². The Morgan fingerprint density at radius 1 is 1.67 bits per heavy atom. The second-order valence-corrected chi connectivity index (χ2v) is 3.87. The zero-order valence-corrected chi connectivity index (χ0v) is 10.2. The molecular weight excluding hydrogens is 262 g/mol. The highest BCUT2D eigenvalue weighted by Crippen LogP contribution is 2.20. The summed E-state index contributed by atoms with van der Waals surface area (Å²) < 4.78 is 7.25. The normalized spacial score (nSPS) is 10.1. The molecule has 0 N–H and O–H groups in total. The molecule has 82 valence electrons. The highest BCUT2D eigenvalue weighted by atomic mass is 79.9. The number of esters is 1. The highest BCUT2D eigenvalue weighted by Gasteiger charge is 2.12. The number of nitrogens with zero attached hydrogens (tertiary/aromatic N) is 1. The van der Waals surface area contributed by atoms with E-state index >= 15 is 0 Å². The molecule has 0 aromatic carbocycles. The van der Waals surface area contributed by atoms with Crippen molar-refractivity contribution < 1.29 is 14.3 Å². The van der Waals surface area contributed by atoms with Crippen molar-refractivity contribution in [2.45, 2.75) is 20.4 Å². The number of aromatic nitrogens is 1. The third-order valence-corrected chi connectivity index (χ3v) is 2.85. The van der Waals surface area contributed by atoms with E-state index < -0.39 is 0 Å². The quantitative estimate of drug-likeness (QED) is 0.622. The molecular formula is C10H12BrNO3. The largest absolute Gasteiger partial charge is 0.465 e. The van der Waals surface area contributed by atoms with Crippen molar-refractivity contribution >= 4 is 28.2 Å². The fourth-order valence-electron chi connectivity index (χ4n) is 1.28.